The maximum absolute atomic E-state index is 5.04. The Labute approximate surface area is 114 Å². The molecule has 2 rings (SSSR count). The SMILES string of the molecule is CN=C(NCc1ccc(OC)nc1)NC1CCCC1. The molecule has 0 aromatic carbocycles. The summed E-state index contributed by atoms with van der Waals surface area (Å²) in [6.45, 7) is 0.712. The average Bonchev–Trinajstić information content (AvgIpc) is 2.97. The van der Waals surface area contributed by atoms with Gasteiger partial charge in [-0.3, -0.25) is 4.99 Å². The molecule has 1 aliphatic rings. The molecule has 0 amide bonds. The van der Waals surface area contributed by atoms with Crippen LogP contribution >= 0.6 is 0 Å². The van der Waals surface area contributed by atoms with E-state index >= 15 is 0 Å². The summed E-state index contributed by atoms with van der Waals surface area (Å²) in [7, 11) is 3.42. The van der Waals surface area contributed by atoms with Gasteiger partial charge in [0.25, 0.3) is 0 Å². The van der Waals surface area contributed by atoms with Gasteiger partial charge in [-0.25, -0.2) is 4.98 Å². The van der Waals surface area contributed by atoms with E-state index in [9.17, 15) is 0 Å². The zero-order chi connectivity index (χ0) is 13.5. The van der Waals surface area contributed by atoms with Crippen molar-refractivity contribution in [2.24, 2.45) is 4.99 Å². The molecule has 1 saturated carbocycles. The number of nitrogens with one attached hydrogen (secondary N) is 2. The Morgan fingerprint density at radius 2 is 2.21 bits per heavy atom. The van der Waals surface area contributed by atoms with E-state index < -0.39 is 0 Å². The van der Waals surface area contributed by atoms with Crippen LogP contribution in [0.1, 0.15) is 31.2 Å². The largest absolute Gasteiger partial charge is 0.481 e. The van der Waals surface area contributed by atoms with E-state index in [-0.39, 0.29) is 0 Å². The number of aliphatic imine (C=N–C) groups is 1. The molecule has 0 bridgehead atoms. The fourth-order valence-corrected chi connectivity index (χ4v) is 2.28. The van der Waals surface area contributed by atoms with Crippen LogP contribution in [-0.2, 0) is 6.54 Å². The molecule has 5 nitrogen and oxygen atoms in total. The van der Waals surface area contributed by atoms with Crippen molar-refractivity contribution in [3.63, 3.8) is 0 Å². The van der Waals surface area contributed by atoms with E-state index in [0.29, 0.717) is 18.5 Å². The highest BCUT2D eigenvalue weighted by molar-refractivity contribution is 5.79. The van der Waals surface area contributed by atoms with Crippen LogP contribution in [0, 0.1) is 0 Å². The maximum Gasteiger partial charge on any atom is 0.212 e. The zero-order valence-corrected chi connectivity index (χ0v) is 11.6. The van der Waals surface area contributed by atoms with E-state index in [4.69, 9.17) is 4.74 Å². The number of aromatic nitrogens is 1. The summed E-state index contributed by atoms with van der Waals surface area (Å²) >= 11 is 0. The first kappa shape index (κ1) is 13.6. The molecular formula is C14H22N4O. The third-order valence-electron chi connectivity index (χ3n) is 3.39. The van der Waals surface area contributed by atoms with Crippen molar-refractivity contribution < 1.29 is 4.74 Å². The minimum Gasteiger partial charge on any atom is -0.481 e. The van der Waals surface area contributed by atoms with Gasteiger partial charge >= 0.3 is 0 Å². The van der Waals surface area contributed by atoms with E-state index in [0.717, 1.165) is 11.5 Å². The summed E-state index contributed by atoms with van der Waals surface area (Å²) in [6, 6.07) is 4.44. The average molecular weight is 262 g/mol. The van der Waals surface area contributed by atoms with Gasteiger partial charge in [-0.05, 0) is 18.4 Å². The molecular weight excluding hydrogens is 240 g/mol. The van der Waals surface area contributed by atoms with E-state index in [1.807, 2.05) is 18.3 Å². The molecule has 0 aliphatic heterocycles. The van der Waals surface area contributed by atoms with Crippen LogP contribution in [0.25, 0.3) is 0 Å². The molecule has 0 atom stereocenters. The van der Waals surface area contributed by atoms with Crippen molar-refractivity contribution in [3.8, 4) is 5.88 Å². The van der Waals surface area contributed by atoms with Crippen molar-refractivity contribution in [1.29, 1.82) is 0 Å². The number of hydrogen-bond acceptors (Lipinski definition) is 3. The fraction of sp³-hybridized carbons (Fsp3) is 0.571. The summed E-state index contributed by atoms with van der Waals surface area (Å²) in [5.74, 6) is 1.50. The Balaban J connectivity index is 1.81. The summed E-state index contributed by atoms with van der Waals surface area (Å²) in [6.07, 6.45) is 6.93. The Hall–Kier alpha value is -1.78. The highest BCUT2D eigenvalue weighted by Gasteiger charge is 2.15. The van der Waals surface area contributed by atoms with E-state index in [2.05, 4.69) is 20.6 Å². The van der Waals surface area contributed by atoms with Crippen molar-refractivity contribution in [2.45, 2.75) is 38.3 Å². The van der Waals surface area contributed by atoms with Gasteiger partial charge in [-0.2, -0.15) is 0 Å². The van der Waals surface area contributed by atoms with Crippen LogP contribution in [0.15, 0.2) is 23.3 Å². The van der Waals surface area contributed by atoms with Gasteiger partial charge in [0.1, 0.15) is 0 Å². The number of pyridine rings is 1. The third kappa shape index (κ3) is 4.12. The van der Waals surface area contributed by atoms with Crippen LogP contribution in [0.2, 0.25) is 0 Å². The predicted molar refractivity (Wildman–Crippen MR) is 76.4 cm³/mol. The van der Waals surface area contributed by atoms with Crippen molar-refractivity contribution in [2.75, 3.05) is 14.2 Å². The second-order valence-electron chi connectivity index (χ2n) is 4.76. The number of guanidine groups is 1. The molecule has 1 fully saturated rings. The predicted octanol–water partition coefficient (Wildman–Crippen LogP) is 1.70. The van der Waals surface area contributed by atoms with Crippen molar-refractivity contribution >= 4 is 5.96 Å². The number of nitrogens with zero attached hydrogens (tertiary/aromatic N) is 2. The van der Waals surface area contributed by atoms with Crippen LogP contribution in [0.5, 0.6) is 5.88 Å². The Morgan fingerprint density at radius 1 is 1.42 bits per heavy atom. The van der Waals surface area contributed by atoms with Crippen LogP contribution in [0.3, 0.4) is 0 Å². The normalized spacial score (nSPS) is 16.4. The minimum absolute atomic E-state index is 0.570. The molecule has 0 spiro atoms. The van der Waals surface area contributed by atoms with Crippen molar-refractivity contribution in [3.05, 3.63) is 23.9 Å². The number of methoxy groups -OCH3 is 1. The van der Waals surface area contributed by atoms with Crippen LogP contribution in [0.4, 0.5) is 0 Å². The second kappa shape index (κ2) is 6.97. The zero-order valence-electron chi connectivity index (χ0n) is 11.6. The molecule has 0 saturated heterocycles. The lowest BCUT2D eigenvalue weighted by molar-refractivity contribution is 0.397. The maximum atomic E-state index is 5.04. The lowest BCUT2D eigenvalue weighted by atomic mass is 10.2. The number of hydrogen-bond donors (Lipinski definition) is 2. The smallest absolute Gasteiger partial charge is 0.212 e. The van der Waals surface area contributed by atoms with E-state index in [1.54, 1.807) is 14.2 Å². The highest BCUT2D eigenvalue weighted by atomic mass is 16.5. The third-order valence-corrected chi connectivity index (χ3v) is 3.39. The molecule has 2 N–H and O–H groups in total. The van der Waals surface area contributed by atoms with E-state index in [1.165, 1.54) is 25.7 Å². The molecule has 0 radical (unpaired) electrons. The van der Waals surface area contributed by atoms with Gasteiger partial charge in [0.05, 0.1) is 7.11 Å². The molecule has 1 aromatic rings. The summed E-state index contributed by atoms with van der Waals surface area (Å²) in [4.78, 5) is 8.43. The molecule has 104 valence electrons. The minimum atomic E-state index is 0.570. The Kier molecular flexibility index (Phi) is 5.01. The molecule has 1 aromatic heterocycles. The Morgan fingerprint density at radius 3 is 2.79 bits per heavy atom. The standard InChI is InChI=1S/C14H22N4O/c1-15-14(18-12-5-3-4-6-12)17-10-11-7-8-13(19-2)16-9-11/h7-9,12H,3-6,10H2,1-2H3,(H2,15,17,18). The van der Waals surface area contributed by atoms with Gasteiger partial charge in [-0.1, -0.05) is 18.9 Å². The first-order chi connectivity index (χ1) is 9.31. The van der Waals surface area contributed by atoms with Crippen LogP contribution < -0.4 is 15.4 Å². The topological polar surface area (TPSA) is 58.5 Å². The number of ether oxygens (including phenoxy) is 1. The van der Waals surface area contributed by atoms with Gasteiger partial charge in [0.2, 0.25) is 5.88 Å². The lowest BCUT2D eigenvalue weighted by Gasteiger charge is -2.16. The first-order valence-electron chi connectivity index (χ1n) is 6.78. The first-order valence-corrected chi connectivity index (χ1v) is 6.78. The lowest BCUT2D eigenvalue weighted by Crippen LogP contribution is -2.41. The molecule has 5 heteroatoms. The highest BCUT2D eigenvalue weighted by Crippen LogP contribution is 2.17. The molecule has 19 heavy (non-hydrogen) atoms. The molecule has 1 aliphatic carbocycles. The van der Waals surface area contributed by atoms with Crippen LogP contribution in [-0.4, -0.2) is 31.1 Å². The summed E-state index contributed by atoms with van der Waals surface area (Å²) < 4.78 is 5.04. The molecule has 1 heterocycles. The second-order valence-corrected chi connectivity index (χ2v) is 4.76. The summed E-state index contributed by atoms with van der Waals surface area (Å²) in [5.41, 5.74) is 1.11. The Bertz CT molecular complexity index is 410. The van der Waals surface area contributed by atoms with Gasteiger partial charge < -0.3 is 15.4 Å². The monoisotopic (exact) mass is 262 g/mol. The fourth-order valence-electron chi connectivity index (χ4n) is 2.28. The summed E-state index contributed by atoms with van der Waals surface area (Å²) in [5, 5.41) is 6.76. The van der Waals surface area contributed by atoms with Crippen molar-refractivity contribution in [1.82, 2.24) is 15.6 Å². The van der Waals surface area contributed by atoms with Gasteiger partial charge in [0, 0.05) is 31.9 Å². The molecule has 0 unspecified atom stereocenters. The van der Waals surface area contributed by atoms with Gasteiger partial charge in [0.15, 0.2) is 5.96 Å². The van der Waals surface area contributed by atoms with Gasteiger partial charge in [-0.15, -0.1) is 0 Å². The number of rotatable bonds is 4. The quantitative estimate of drug-likeness (QED) is 0.640.